The predicted octanol–water partition coefficient (Wildman–Crippen LogP) is 6.09. The molecule has 35 heavy (non-hydrogen) atoms. The number of aryl methyl sites for hydroxylation is 1. The van der Waals surface area contributed by atoms with E-state index in [2.05, 4.69) is 15.9 Å². The van der Waals surface area contributed by atoms with Crippen LogP contribution in [0.25, 0.3) is 5.57 Å². The third kappa shape index (κ3) is 4.00. The molecule has 180 valence electrons. The van der Waals surface area contributed by atoms with Gasteiger partial charge in [0, 0.05) is 10.4 Å². The van der Waals surface area contributed by atoms with E-state index >= 15 is 0 Å². The average Bonchev–Trinajstić information content (AvgIpc) is 3.26. The Kier molecular flexibility index (Phi) is 6.09. The molecule has 5 rings (SSSR count). The molecule has 3 aromatic rings. The lowest BCUT2D eigenvalue weighted by Crippen LogP contribution is -2.51. The fourth-order valence-electron chi connectivity index (χ4n) is 5.20. The summed E-state index contributed by atoms with van der Waals surface area (Å²) in [4.78, 5) is 13.8. The van der Waals surface area contributed by atoms with Crippen molar-refractivity contribution in [3.8, 4) is 0 Å². The summed E-state index contributed by atoms with van der Waals surface area (Å²) in [6.07, 6.45) is 2.57. The zero-order valence-corrected chi connectivity index (χ0v) is 22.0. The lowest BCUT2D eigenvalue weighted by Gasteiger charge is -2.43. The van der Waals surface area contributed by atoms with Crippen molar-refractivity contribution in [3.05, 3.63) is 100 Å². The van der Waals surface area contributed by atoms with Gasteiger partial charge in [0.15, 0.2) is 0 Å². The maximum atomic E-state index is 13.9. The van der Waals surface area contributed by atoms with Crippen LogP contribution in [0.4, 0.5) is 5.69 Å². The number of ether oxygens (including phenoxy) is 1. The molecule has 1 aliphatic heterocycles. The van der Waals surface area contributed by atoms with Crippen molar-refractivity contribution in [2.45, 2.75) is 31.1 Å². The molecular formula is C28H26BrNO4S. The van der Waals surface area contributed by atoms with E-state index in [9.17, 15) is 13.2 Å². The number of hydrogen-bond donors (Lipinski definition) is 0. The first-order valence-electron chi connectivity index (χ1n) is 11.6. The van der Waals surface area contributed by atoms with Gasteiger partial charge < -0.3 is 4.74 Å². The number of benzene rings is 3. The lowest BCUT2D eigenvalue weighted by atomic mass is 9.71. The average molecular weight is 552 g/mol. The first-order chi connectivity index (χ1) is 16.8. The third-order valence-electron chi connectivity index (χ3n) is 6.94. The standard InChI is InChI=1S/C28H26BrNO4S/c1-3-34-27(31)28-17-21(20-10-12-22(29)13-11-20)16-25(28)24-6-4-5-7-26(24)30(18-28)35(32,33)23-14-8-19(2)9-15-23/h4-15,17,25H,3,16,18H2,1-2H3/t25-,28+/m0/s1. The minimum absolute atomic E-state index is 0.0102. The number of rotatable bonds is 5. The maximum absolute atomic E-state index is 13.9. The second kappa shape index (κ2) is 8.95. The number of esters is 1. The van der Waals surface area contributed by atoms with Gasteiger partial charge in [0.2, 0.25) is 0 Å². The molecule has 2 aliphatic rings. The molecule has 1 heterocycles. The number of allylic oxidation sites excluding steroid dienone is 1. The van der Waals surface area contributed by atoms with E-state index in [0.717, 1.165) is 26.7 Å². The van der Waals surface area contributed by atoms with Gasteiger partial charge in [-0.05, 0) is 67.3 Å². The summed E-state index contributed by atoms with van der Waals surface area (Å²) >= 11 is 3.48. The van der Waals surface area contributed by atoms with Gasteiger partial charge in [-0.3, -0.25) is 9.10 Å². The highest BCUT2D eigenvalue weighted by Crippen LogP contribution is 2.57. The van der Waals surface area contributed by atoms with Gasteiger partial charge in [-0.15, -0.1) is 0 Å². The molecule has 2 atom stereocenters. The molecule has 1 aliphatic carbocycles. The summed E-state index contributed by atoms with van der Waals surface area (Å²) in [5, 5.41) is 0. The highest BCUT2D eigenvalue weighted by molar-refractivity contribution is 9.10. The van der Waals surface area contributed by atoms with E-state index < -0.39 is 21.4 Å². The normalized spacial score (nSPS) is 21.2. The topological polar surface area (TPSA) is 63.7 Å². The van der Waals surface area contributed by atoms with E-state index in [-0.39, 0.29) is 24.0 Å². The fourth-order valence-corrected chi connectivity index (χ4v) is 7.00. The van der Waals surface area contributed by atoms with E-state index in [4.69, 9.17) is 4.74 Å². The van der Waals surface area contributed by atoms with Gasteiger partial charge in [-0.2, -0.15) is 0 Å². The molecule has 5 nitrogen and oxygen atoms in total. The van der Waals surface area contributed by atoms with Crippen molar-refractivity contribution in [2.75, 3.05) is 17.5 Å². The molecule has 0 amide bonds. The van der Waals surface area contributed by atoms with Gasteiger partial charge in [0.1, 0.15) is 5.41 Å². The zero-order valence-electron chi connectivity index (χ0n) is 19.6. The van der Waals surface area contributed by atoms with Crippen molar-refractivity contribution in [1.82, 2.24) is 0 Å². The van der Waals surface area contributed by atoms with E-state index in [0.29, 0.717) is 12.1 Å². The molecule has 0 saturated carbocycles. The summed E-state index contributed by atoms with van der Waals surface area (Å²) in [5.74, 6) is -0.614. The first kappa shape index (κ1) is 23.8. The van der Waals surface area contributed by atoms with Crippen molar-refractivity contribution in [2.24, 2.45) is 5.41 Å². The molecule has 3 aromatic carbocycles. The Morgan fingerprint density at radius 1 is 1.06 bits per heavy atom. The monoisotopic (exact) mass is 551 g/mol. The second-order valence-electron chi connectivity index (χ2n) is 9.08. The molecule has 0 fully saturated rings. The van der Waals surface area contributed by atoms with Crippen LogP contribution in [0.15, 0.2) is 88.2 Å². The highest BCUT2D eigenvalue weighted by Gasteiger charge is 2.56. The molecule has 0 aromatic heterocycles. The first-order valence-corrected chi connectivity index (χ1v) is 13.8. The van der Waals surface area contributed by atoms with E-state index in [1.165, 1.54) is 4.31 Å². The number of nitrogens with zero attached hydrogens (tertiary/aromatic N) is 1. The molecule has 0 N–H and O–H groups in total. The number of fused-ring (bicyclic) bond motifs is 3. The van der Waals surface area contributed by atoms with Crippen molar-refractivity contribution in [1.29, 1.82) is 0 Å². The smallest absolute Gasteiger partial charge is 0.318 e. The molecule has 0 saturated heterocycles. The number of hydrogen-bond acceptors (Lipinski definition) is 4. The summed E-state index contributed by atoms with van der Waals surface area (Å²) < 4.78 is 35.8. The molecular weight excluding hydrogens is 526 g/mol. The van der Waals surface area contributed by atoms with Crippen LogP contribution in [-0.4, -0.2) is 27.5 Å². The molecule has 0 unspecified atom stereocenters. The zero-order chi connectivity index (χ0) is 24.8. The lowest BCUT2D eigenvalue weighted by molar-refractivity contribution is -0.152. The van der Waals surface area contributed by atoms with Gasteiger partial charge in [-0.1, -0.05) is 70.0 Å². The Bertz CT molecular complexity index is 1410. The number of sulfonamides is 1. The van der Waals surface area contributed by atoms with Crippen molar-refractivity contribution in [3.63, 3.8) is 0 Å². The minimum Gasteiger partial charge on any atom is -0.465 e. The summed E-state index contributed by atoms with van der Waals surface area (Å²) in [7, 11) is -3.92. The van der Waals surface area contributed by atoms with Crippen LogP contribution in [0.1, 0.15) is 36.0 Å². The van der Waals surface area contributed by atoms with Crippen LogP contribution < -0.4 is 4.31 Å². The van der Waals surface area contributed by atoms with Crippen LogP contribution in [0, 0.1) is 12.3 Å². The van der Waals surface area contributed by atoms with Crippen LogP contribution >= 0.6 is 15.9 Å². The quantitative estimate of drug-likeness (QED) is 0.360. The van der Waals surface area contributed by atoms with Gasteiger partial charge in [0.25, 0.3) is 10.0 Å². The van der Waals surface area contributed by atoms with Gasteiger partial charge >= 0.3 is 5.97 Å². The van der Waals surface area contributed by atoms with Gasteiger partial charge in [0.05, 0.1) is 23.7 Å². The van der Waals surface area contributed by atoms with E-state index in [1.807, 2.05) is 61.5 Å². The molecule has 0 spiro atoms. The predicted molar refractivity (Wildman–Crippen MR) is 141 cm³/mol. The molecule has 0 bridgehead atoms. The van der Waals surface area contributed by atoms with E-state index in [1.54, 1.807) is 31.2 Å². The van der Waals surface area contributed by atoms with Crippen molar-refractivity contribution < 1.29 is 17.9 Å². The van der Waals surface area contributed by atoms with Crippen molar-refractivity contribution >= 4 is 43.2 Å². The SMILES string of the molecule is CCOC(=O)[C@@]12C=C(c3ccc(Br)cc3)C[C@H]1c1ccccc1N(S(=O)(=O)c1ccc(C)cc1)C2. The Labute approximate surface area is 214 Å². The number of carbonyl (C=O) groups excluding carboxylic acids is 1. The fraction of sp³-hybridized carbons (Fsp3) is 0.250. The number of carbonyl (C=O) groups is 1. The Morgan fingerprint density at radius 2 is 1.74 bits per heavy atom. The summed E-state index contributed by atoms with van der Waals surface area (Å²) in [6.45, 7) is 3.90. The van der Waals surface area contributed by atoms with Crippen LogP contribution in [0.3, 0.4) is 0 Å². The minimum atomic E-state index is -3.92. The Balaban J connectivity index is 1.69. The Hall–Kier alpha value is -2.90. The van der Waals surface area contributed by atoms with Crippen LogP contribution in [-0.2, 0) is 19.6 Å². The summed E-state index contributed by atoms with van der Waals surface area (Å²) in [5.41, 5.74) is 3.33. The highest BCUT2D eigenvalue weighted by atomic mass is 79.9. The molecule has 7 heteroatoms. The maximum Gasteiger partial charge on any atom is 0.318 e. The molecule has 0 radical (unpaired) electrons. The number of para-hydroxylation sites is 1. The summed E-state index contributed by atoms with van der Waals surface area (Å²) in [6, 6.07) is 22.3. The van der Waals surface area contributed by atoms with Crippen LogP contribution in [0.2, 0.25) is 0 Å². The van der Waals surface area contributed by atoms with Crippen LogP contribution in [0.5, 0.6) is 0 Å². The third-order valence-corrected chi connectivity index (χ3v) is 9.25. The number of halogens is 1. The second-order valence-corrected chi connectivity index (χ2v) is 11.9. The Morgan fingerprint density at radius 3 is 2.43 bits per heavy atom. The largest absolute Gasteiger partial charge is 0.465 e. The number of anilines is 1. The van der Waals surface area contributed by atoms with Gasteiger partial charge in [-0.25, -0.2) is 8.42 Å².